The van der Waals surface area contributed by atoms with Crippen LogP contribution in [-0.2, 0) is 21.8 Å². The molecule has 0 heterocycles. The number of benzene rings is 2. The van der Waals surface area contributed by atoms with Crippen LogP contribution in [0.4, 0.5) is 4.39 Å². The molecule has 2 aromatic rings. The lowest BCUT2D eigenvalue weighted by molar-refractivity contribution is -0.138. The molecule has 0 radical (unpaired) electrons. The zero-order valence-corrected chi connectivity index (χ0v) is 19.0. The third kappa shape index (κ3) is 8.19. The highest BCUT2D eigenvalue weighted by molar-refractivity contribution is 7.99. The summed E-state index contributed by atoms with van der Waals surface area (Å²) in [4.78, 5) is 27.3. The number of amides is 2. The molecule has 2 amide bonds. The summed E-state index contributed by atoms with van der Waals surface area (Å²) in [5.41, 5.74) is 1.72. The zero-order chi connectivity index (χ0) is 22.1. The molecule has 2 rings (SSSR count). The molecule has 0 spiro atoms. The van der Waals surface area contributed by atoms with Crippen molar-refractivity contribution in [1.82, 2.24) is 10.2 Å². The SMILES string of the molecule is CC(C(=O)NC(C)(C)C)N(CCc1ccccc1)C(=O)CSCc1ccc(F)cc1. The molecule has 0 aliphatic carbocycles. The smallest absolute Gasteiger partial charge is 0.242 e. The normalized spacial score (nSPS) is 12.3. The minimum atomic E-state index is -0.563. The van der Waals surface area contributed by atoms with Gasteiger partial charge in [0.25, 0.3) is 0 Å². The number of hydrogen-bond acceptors (Lipinski definition) is 3. The van der Waals surface area contributed by atoms with Crippen molar-refractivity contribution < 1.29 is 14.0 Å². The van der Waals surface area contributed by atoms with E-state index in [1.165, 1.54) is 23.9 Å². The molecule has 0 aromatic heterocycles. The maximum absolute atomic E-state index is 13.0. The first-order valence-electron chi connectivity index (χ1n) is 10.1. The van der Waals surface area contributed by atoms with E-state index >= 15 is 0 Å². The summed E-state index contributed by atoms with van der Waals surface area (Å²) in [5.74, 6) is 0.369. The largest absolute Gasteiger partial charge is 0.350 e. The maximum Gasteiger partial charge on any atom is 0.242 e. The van der Waals surface area contributed by atoms with Gasteiger partial charge in [0, 0.05) is 17.8 Å². The highest BCUT2D eigenvalue weighted by atomic mass is 32.2. The topological polar surface area (TPSA) is 49.4 Å². The molecule has 0 saturated carbocycles. The number of halogens is 1. The first-order chi connectivity index (χ1) is 14.2. The van der Waals surface area contributed by atoms with Crippen molar-refractivity contribution in [3.05, 3.63) is 71.5 Å². The zero-order valence-electron chi connectivity index (χ0n) is 18.2. The predicted octanol–water partition coefficient (Wildman–Crippen LogP) is 4.43. The van der Waals surface area contributed by atoms with Crippen molar-refractivity contribution in [2.45, 2.75) is 51.4 Å². The lowest BCUT2D eigenvalue weighted by Gasteiger charge is -2.31. The van der Waals surface area contributed by atoms with Gasteiger partial charge in [-0.1, -0.05) is 42.5 Å². The Hall–Kier alpha value is -2.34. The van der Waals surface area contributed by atoms with Gasteiger partial charge in [-0.2, -0.15) is 0 Å². The van der Waals surface area contributed by atoms with Crippen molar-refractivity contribution in [2.24, 2.45) is 0 Å². The number of hydrogen-bond donors (Lipinski definition) is 1. The Kier molecular flexibility index (Phi) is 8.90. The lowest BCUT2D eigenvalue weighted by Crippen LogP contribution is -2.53. The second-order valence-corrected chi connectivity index (χ2v) is 9.34. The van der Waals surface area contributed by atoms with Crippen LogP contribution in [0.2, 0.25) is 0 Å². The Morgan fingerprint density at radius 3 is 2.27 bits per heavy atom. The number of nitrogens with zero attached hydrogens (tertiary/aromatic N) is 1. The van der Waals surface area contributed by atoms with Gasteiger partial charge in [-0.05, 0) is 57.4 Å². The minimum absolute atomic E-state index is 0.0744. The number of nitrogens with one attached hydrogen (secondary N) is 1. The van der Waals surface area contributed by atoms with Gasteiger partial charge in [0.15, 0.2) is 0 Å². The molecule has 0 fully saturated rings. The summed E-state index contributed by atoms with van der Waals surface area (Å²) >= 11 is 1.47. The van der Waals surface area contributed by atoms with Crippen molar-refractivity contribution in [2.75, 3.05) is 12.3 Å². The van der Waals surface area contributed by atoms with E-state index in [2.05, 4.69) is 5.32 Å². The van der Waals surface area contributed by atoms with Crippen molar-refractivity contribution >= 4 is 23.6 Å². The van der Waals surface area contributed by atoms with Gasteiger partial charge in [-0.3, -0.25) is 9.59 Å². The molecule has 6 heteroatoms. The summed E-state index contributed by atoms with van der Waals surface area (Å²) in [6.07, 6.45) is 0.683. The van der Waals surface area contributed by atoms with E-state index in [1.807, 2.05) is 51.1 Å². The summed E-state index contributed by atoms with van der Waals surface area (Å²) in [5, 5.41) is 2.96. The predicted molar refractivity (Wildman–Crippen MR) is 122 cm³/mol. The van der Waals surface area contributed by atoms with Crippen LogP contribution in [-0.4, -0.2) is 40.6 Å². The average Bonchev–Trinajstić information content (AvgIpc) is 2.69. The summed E-state index contributed by atoms with van der Waals surface area (Å²) in [7, 11) is 0. The van der Waals surface area contributed by atoms with E-state index in [4.69, 9.17) is 0 Å². The number of carbonyl (C=O) groups is 2. The van der Waals surface area contributed by atoms with Crippen LogP contribution < -0.4 is 5.32 Å². The molecule has 30 heavy (non-hydrogen) atoms. The Balaban J connectivity index is 2.01. The van der Waals surface area contributed by atoms with Crippen LogP contribution in [0, 0.1) is 5.82 Å². The van der Waals surface area contributed by atoms with E-state index in [0.29, 0.717) is 18.7 Å². The second kappa shape index (κ2) is 11.2. The highest BCUT2D eigenvalue weighted by Gasteiger charge is 2.27. The molecular weight excluding hydrogens is 399 g/mol. The van der Waals surface area contributed by atoms with Gasteiger partial charge >= 0.3 is 0 Å². The summed E-state index contributed by atoms with van der Waals surface area (Å²) in [6, 6.07) is 15.7. The van der Waals surface area contributed by atoms with Gasteiger partial charge in [0.2, 0.25) is 11.8 Å². The molecule has 162 valence electrons. The van der Waals surface area contributed by atoms with Crippen LogP contribution in [0.3, 0.4) is 0 Å². The fourth-order valence-corrected chi connectivity index (χ4v) is 3.83. The van der Waals surface area contributed by atoms with Crippen LogP contribution in [0.15, 0.2) is 54.6 Å². The third-order valence-corrected chi connectivity index (χ3v) is 5.55. The Morgan fingerprint density at radius 2 is 1.67 bits per heavy atom. The Morgan fingerprint density at radius 1 is 1.03 bits per heavy atom. The molecule has 1 unspecified atom stereocenters. The van der Waals surface area contributed by atoms with Crippen LogP contribution in [0.5, 0.6) is 0 Å². The van der Waals surface area contributed by atoms with Crippen LogP contribution in [0.1, 0.15) is 38.8 Å². The second-order valence-electron chi connectivity index (χ2n) is 8.36. The molecule has 0 saturated heterocycles. The fraction of sp³-hybridized carbons (Fsp3) is 0.417. The Labute approximate surface area is 183 Å². The maximum atomic E-state index is 13.0. The fourth-order valence-electron chi connectivity index (χ4n) is 2.96. The van der Waals surface area contributed by atoms with E-state index in [0.717, 1.165) is 11.1 Å². The van der Waals surface area contributed by atoms with E-state index < -0.39 is 6.04 Å². The van der Waals surface area contributed by atoms with Gasteiger partial charge in [-0.25, -0.2) is 4.39 Å². The molecular formula is C24H31FN2O2S. The average molecular weight is 431 g/mol. The van der Waals surface area contributed by atoms with Gasteiger partial charge in [-0.15, -0.1) is 11.8 Å². The first kappa shape index (κ1) is 23.9. The van der Waals surface area contributed by atoms with E-state index in [-0.39, 0.29) is 28.9 Å². The number of thioether (sulfide) groups is 1. The molecule has 1 atom stereocenters. The monoisotopic (exact) mass is 430 g/mol. The molecule has 1 N–H and O–H groups in total. The molecule has 0 aliphatic heterocycles. The number of carbonyl (C=O) groups excluding carboxylic acids is 2. The summed E-state index contributed by atoms with van der Waals surface area (Å²) in [6.45, 7) is 8.01. The minimum Gasteiger partial charge on any atom is -0.350 e. The van der Waals surface area contributed by atoms with Gasteiger partial charge < -0.3 is 10.2 Å². The van der Waals surface area contributed by atoms with Crippen LogP contribution in [0.25, 0.3) is 0 Å². The molecule has 0 bridgehead atoms. The Bertz CT molecular complexity index is 819. The summed E-state index contributed by atoms with van der Waals surface area (Å²) < 4.78 is 13.0. The molecule has 2 aromatic carbocycles. The lowest BCUT2D eigenvalue weighted by atomic mass is 10.1. The number of rotatable bonds is 9. The third-order valence-electron chi connectivity index (χ3n) is 4.56. The van der Waals surface area contributed by atoms with Crippen molar-refractivity contribution in [1.29, 1.82) is 0 Å². The molecule has 0 aliphatic rings. The highest BCUT2D eigenvalue weighted by Crippen LogP contribution is 2.15. The quantitative estimate of drug-likeness (QED) is 0.640. The standard InChI is InChI=1S/C24H31FN2O2S/c1-18(23(29)26-24(2,3)4)27(15-14-19-8-6-5-7-9-19)22(28)17-30-16-20-10-12-21(25)13-11-20/h5-13,18H,14-17H2,1-4H3,(H,26,29). The van der Waals surface area contributed by atoms with Crippen LogP contribution >= 0.6 is 11.8 Å². The van der Waals surface area contributed by atoms with E-state index in [9.17, 15) is 14.0 Å². The van der Waals surface area contributed by atoms with E-state index in [1.54, 1.807) is 24.0 Å². The first-order valence-corrected chi connectivity index (χ1v) is 11.3. The van der Waals surface area contributed by atoms with Gasteiger partial charge in [0.1, 0.15) is 11.9 Å². The van der Waals surface area contributed by atoms with Crippen molar-refractivity contribution in [3.8, 4) is 0 Å². The van der Waals surface area contributed by atoms with Gasteiger partial charge in [0.05, 0.1) is 5.75 Å². The molecule has 4 nitrogen and oxygen atoms in total. The van der Waals surface area contributed by atoms with Crippen molar-refractivity contribution in [3.63, 3.8) is 0 Å².